The summed E-state index contributed by atoms with van der Waals surface area (Å²) in [6.45, 7) is 21.0. The van der Waals surface area contributed by atoms with E-state index in [9.17, 15) is 0 Å². The summed E-state index contributed by atoms with van der Waals surface area (Å²) in [6.07, 6.45) is 22.8. The summed E-state index contributed by atoms with van der Waals surface area (Å²) >= 11 is 0. The van der Waals surface area contributed by atoms with Crippen LogP contribution in [0.3, 0.4) is 0 Å². The summed E-state index contributed by atoms with van der Waals surface area (Å²) < 4.78 is 2.37. The zero-order valence-electron chi connectivity index (χ0n) is 33.3. The van der Waals surface area contributed by atoms with Crippen LogP contribution in [0.2, 0.25) is 0 Å². The number of hydrogen-bond acceptors (Lipinski definition) is 0. The molecule has 1 heteroatoms. The minimum absolute atomic E-state index is 1.00. The number of nitrogens with zero attached hydrogens (tertiary/aromatic N) is 1. The molecule has 0 saturated carbocycles. The Bertz CT molecular complexity index is 2500. The fraction of sp³-hybridized carbons (Fsp3) is 0.111. The SMILES string of the molecule is C=C(/C=C\C(C)=C(/C)c1ccccc1C)c1cccc2c1c1ccccc1n2-c1cccc(/C=C/C=C\C=C/C)c1.C=C/C(=C\C(C)=C/C)c1ccccc1. The lowest BCUT2D eigenvalue weighted by Gasteiger charge is -2.10. The lowest BCUT2D eigenvalue weighted by molar-refractivity contribution is 1.18. The Balaban J connectivity index is 0.000000350. The summed E-state index contributed by atoms with van der Waals surface area (Å²) in [5.41, 5.74) is 15.6. The van der Waals surface area contributed by atoms with Crippen molar-refractivity contribution in [1.82, 2.24) is 4.57 Å². The molecule has 0 saturated heterocycles. The van der Waals surface area contributed by atoms with Crippen LogP contribution >= 0.6 is 0 Å². The molecule has 0 radical (unpaired) electrons. The molecule has 0 spiro atoms. The summed E-state index contributed by atoms with van der Waals surface area (Å²) in [5, 5.41) is 2.46. The fourth-order valence-corrected chi connectivity index (χ4v) is 6.60. The molecular weight excluding hydrogens is 663 g/mol. The average Bonchev–Trinajstić information content (AvgIpc) is 3.57. The van der Waals surface area contributed by atoms with E-state index in [4.69, 9.17) is 0 Å². The normalized spacial score (nSPS) is 12.9. The van der Waals surface area contributed by atoms with E-state index in [-0.39, 0.29) is 0 Å². The van der Waals surface area contributed by atoms with E-state index >= 15 is 0 Å². The number of aromatic nitrogens is 1. The first-order valence-electron chi connectivity index (χ1n) is 19.0. The Labute approximate surface area is 329 Å². The van der Waals surface area contributed by atoms with Crippen LogP contribution < -0.4 is 0 Å². The number of fused-ring (bicyclic) bond motifs is 3. The van der Waals surface area contributed by atoms with E-state index in [0.717, 1.165) is 22.4 Å². The van der Waals surface area contributed by atoms with Gasteiger partial charge in [-0.05, 0) is 116 Å². The van der Waals surface area contributed by atoms with E-state index in [2.05, 4.69) is 191 Å². The van der Waals surface area contributed by atoms with E-state index in [1.807, 2.05) is 56.4 Å². The lowest BCUT2D eigenvalue weighted by atomic mass is 9.96. The molecule has 5 aromatic carbocycles. The minimum atomic E-state index is 1.00. The topological polar surface area (TPSA) is 4.93 Å². The summed E-state index contributed by atoms with van der Waals surface area (Å²) in [4.78, 5) is 0. The van der Waals surface area contributed by atoms with Gasteiger partial charge >= 0.3 is 0 Å². The molecule has 0 N–H and O–H groups in total. The van der Waals surface area contributed by atoms with E-state index in [1.165, 1.54) is 60.8 Å². The maximum absolute atomic E-state index is 4.52. The van der Waals surface area contributed by atoms with Crippen molar-refractivity contribution in [2.45, 2.75) is 41.5 Å². The highest BCUT2D eigenvalue weighted by atomic mass is 15.0. The largest absolute Gasteiger partial charge is 0.309 e. The molecule has 0 atom stereocenters. The van der Waals surface area contributed by atoms with Gasteiger partial charge in [0.2, 0.25) is 0 Å². The van der Waals surface area contributed by atoms with Crippen molar-refractivity contribution in [1.29, 1.82) is 0 Å². The Morgan fingerprint density at radius 1 is 0.655 bits per heavy atom. The Morgan fingerprint density at radius 2 is 1.33 bits per heavy atom. The molecule has 55 heavy (non-hydrogen) atoms. The highest BCUT2D eigenvalue weighted by Gasteiger charge is 2.15. The smallest absolute Gasteiger partial charge is 0.0547 e. The molecule has 1 aromatic heterocycles. The summed E-state index contributed by atoms with van der Waals surface area (Å²) in [6, 6.07) is 42.7. The van der Waals surface area contributed by atoms with Gasteiger partial charge in [0.05, 0.1) is 11.0 Å². The molecule has 0 bridgehead atoms. The third kappa shape index (κ3) is 9.96. The van der Waals surface area contributed by atoms with Crippen molar-refractivity contribution < 1.29 is 0 Å². The zero-order valence-corrected chi connectivity index (χ0v) is 33.3. The van der Waals surface area contributed by atoms with Crippen LogP contribution in [0.1, 0.15) is 62.4 Å². The molecule has 6 rings (SSSR count). The van der Waals surface area contributed by atoms with Gasteiger partial charge in [0, 0.05) is 16.5 Å². The quantitative estimate of drug-likeness (QED) is 0.118. The van der Waals surface area contributed by atoms with Gasteiger partial charge in [-0.3, -0.25) is 0 Å². The number of rotatable bonds is 11. The van der Waals surface area contributed by atoms with Gasteiger partial charge in [0.15, 0.2) is 0 Å². The number of aryl methyl sites for hydroxylation is 1. The predicted molar refractivity (Wildman–Crippen MR) is 245 cm³/mol. The Hall–Kier alpha value is -6.44. The summed E-state index contributed by atoms with van der Waals surface area (Å²) in [5.74, 6) is 0. The molecule has 1 nitrogen and oxygen atoms in total. The highest BCUT2D eigenvalue weighted by molar-refractivity contribution is 6.14. The van der Waals surface area contributed by atoms with Crippen molar-refractivity contribution in [3.8, 4) is 5.69 Å². The van der Waals surface area contributed by atoms with Crippen LogP contribution in [0, 0.1) is 6.92 Å². The van der Waals surface area contributed by atoms with Crippen molar-refractivity contribution in [3.05, 3.63) is 234 Å². The third-order valence-corrected chi connectivity index (χ3v) is 9.83. The van der Waals surface area contributed by atoms with Gasteiger partial charge in [-0.25, -0.2) is 0 Å². The van der Waals surface area contributed by atoms with Crippen molar-refractivity contribution in [2.75, 3.05) is 0 Å². The number of hydrogen-bond donors (Lipinski definition) is 0. The summed E-state index contributed by atoms with van der Waals surface area (Å²) in [7, 11) is 0. The van der Waals surface area contributed by atoms with Crippen molar-refractivity contribution >= 4 is 44.6 Å². The molecule has 1 heterocycles. The van der Waals surface area contributed by atoms with Gasteiger partial charge in [-0.2, -0.15) is 0 Å². The van der Waals surface area contributed by atoms with Crippen molar-refractivity contribution in [2.24, 2.45) is 0 Å². The van der Waals surface area contributed by atoms with Crippen LogP contribution in [0.25, 0.3) is 50.3 Å². The first-order valence-corrected chi connectivity index (χ1v) is 19.0. The fourth-order valence-electron chi connectivity index (χ4n) is 6.60. The molecule has 0 aliphatic carbocycles. The number of para-hydroxylation sites is 1. The van der Waals surface area contributed by atoms with Gasteiger partial charge in [-0.15, -0.1) is 0 Å². The van der Waals surface area contributed by atoms with Gasteiger partial charge in [0.25, 0.3) is 0 Å². The molecular formula is C54H53N. The van der Waals surface area contributed by atoms with Crippen molar-refractivity contribution in [3.63, 3.8) is 0 Å². The monoisotopic (exact) mass is 715 g/mol. The van der Waals surface area contributed by atoms with Crippen LogP contribution in [-0.2, 0) is 0 Å². The zero-order chi connectivity index (χ0) is 39.2. The van der Waals surface area contributed by atoms with Crippen LogP contribution in [-0.4, -0.2) is 4.57 Å². The second-order valence-corrected chi connectivity index (χ2v) is 13.6. The number of benzene rings is 5. The van der Waals surface area contributed by atoms with Gasteiger partial charge in [0.1, 0.15) is 0 Å². The maximum Gasteiger partial charge on any atom is 0.0547 e. The first-order chi connectivity index (χ1) is 26.8. The lowest BCUT2D eigenvalue weighted by Crippen LogP contribution is -1.94. The maximum atomic E-state index is 4.52. The van der Waals surface area contributed by atoms with Crippen LogP contribution in [0.15, 0.2) is 206 Å². The number of allylic oxidation sites excluding steroid dienone is 15. The predicted octanol–water partition coefficient (Wildman–Crippen LogP) is 15.5. The van der Waals surface area contributed by atoms with Gasteiger partial charge in [-0.1, -0.05) is 183 Å². The second-order valence-electron chi connectivity index (χ2n) is 13.6. The van der Waals surface area contributed by atoms with Crippen LogP contribution in [0.5, 0.6) is 0 Å². The second kappa shape index (κ2) is 19.6. The Kier molecular flexibility index (Phi) is 14.2. The third-order valence-electron chi connectivity index (χ3n) is 9.83. The average molecular weight is 716 g/mol. The molecule has 0 unspecified atom stereocenters. The molecule has 274 valence electrons. The van der Waals surface area contributed by atoms with Crippen LogP contribution in [0.4, 0.5) is 0 Å². The standard InChI is InChI=1S/C40H37N.C14H16/c1-6-7-8-9-10-18-33-19-15-20-34(28-33)41-38-24-14-13-22-37(38)40-36(23-16-25-39(40)41)31(4)27-26-29(2)32(5)35-21-12-11-17-30(35)3;1-4-12(3)11-13(5-2)14-9-7-6-8-10-14/h6-28H,4H2,1-3,5H3;4-11H,2H2,1,3H3/b7-6-,9-8-,18-10+,27-26-,32-29+;12-4-,13-11+. The minimum Gasteiger partial charge on any atom is -0.309 e. The molecule has 0 aliphatic rings. The molecule has 6 aromatic rings. The molecule has 0 amide bonds. The first kappa shape index (κ1) is 39.8. The Morgan fingerprint density at radius 3 is 2.07 bits per heavy atom. The van der Waals surface area contributed by atoms with E-state index in [1.54, 1.807) is 0 Å². The van der Waals surface area contributed by atoms with Gasteiger partial charge < -0.3 is 4.57 Å². The molecule has 0 aliphatic heterocycles. The van der Waals surface area contributed by atoms with E-state index in [0.29, 0.717) is 0 Å². The van der Waals surface area contributed by atoms with E-state index < -0.39 is 0 Å². The molecule has 0 fully saturated rings. The highest BCUT2D eigenvalue weighted by Crippen LogP contribution is 2.37.